The van der Waals surface area contributed by atoms with Crippen LogP contribution in [-0.2, 0) is 0 Å². The summed E-state index contributed by atoms with van der Waals surface area (Å²) in [6.45, 7) is 2.24. The smallest absolute Gasteiger partial charge is 0.250 e. The van der Waals surface area contributed by atoms with Gasteiger partial charge in [0.05, 0.1) is 0 Å². The van der Waals surface area contributed by atoms with Gasteiger partial charge in [0, 0.05) is 25.4 Å². The molecule has 1 rings (SSSR count). The Bertz CT molecular complexity index is 108. The Kier molecular flexibility index (Phi) is 3.52. The van der Waals surface area contributed by atoms with Crippen molar-refractivity contribution in [3.63, 3.8) is 0 Å². The molecular formula is C6H12ClF2N. The van der Waals surface area contributed by atoms with Crippen LogP contribution in [0.1, 0.15) is 19.8 Å². The van der Waals surface area contributed by atoms with Crippen molar-refractivity contribution in [2.24, 2.45) is 0 Å². The molecule has 1 nitrogen and oxygen atoms in total. The average Bonchev–Trinajstić information content (AvgIpc) is 1.60. The lowest BCUT2D eigenvalue weighted by atomic mass is 10.0. The summed E-state index contributed by atoms with van der Waals surface area (Å²) in [7, 11) is 0. The maximum atomic E-state index is 12.4. The molecule has 0 aromatic rings. The molecule has 10 heavy (non-hydrogen) atoms. The third-order valence-electron chi connectivity index (χ3n) is 1.59. The van der Waals surface area contributed by atoms with Crippen molar-refractivity contribution in [3.8, 4) is 0 Å². The van der Waals surface area contributed by atoms with Crippen LogP contribution >= 0.6 is 12.4 Å². The molecule has 0 aromatic heterocycles. The van der Waals surface area contributed by atoms with Crippen LogP contribution in [0.25, 0.3) is 0 Å². The van der Waals surface area contributed by atoms with E-state index in [-0.39, 0.29) is 31.3 Å². The zero-order valence-corrected chi connectivity index (χ0v) is 6.68. The highest BCUT2D eigenvalue weighted by Crippen LogP contribution is 2.26. The van der Waals surface area contributed by atoms with E-state index in [2.05, 4.69) is 5.32 Å². The summed E-state index contributed by atoms with van der Waals surface area (Å²) in [5.74, 6) is -2.41. The Labute approximate surface area is 65.6 Å². The molecule has 0 unspecified atom stereocenters. The number of hydrogen-bond acceptors (Lipinski definition) is 1. The predicted molar refractivity (Wildman–Crippen MR) is 38.9 cm³/mol. The van der Waals surface area contributed by atoms with Gasteiger partial charge < -0.3 is 5.32 Å². The van der Waals surface area contributed by atoms with Gasteiger partial charge in [0.2, 0.25) is 0 Å². The fourth-order valence-electron chi connectivity index (χ4n) is 1.12. The number of rotatable bonds is 0. The molecule has 0 amide bonds. The second kappa shape index (κ2) is 3.49. The zero-order valence-electron chi connectivity index (χ0n) is 5.86. The molecule has 1 heterocycles. The van der Waals surface area contributed by atoms with Crippen molar-refractivity contribution in [1.82, 2.24) is 5.32 Å². The van der Waals surface area contributed by atoms with Gasteiger partial charge in [0.1, 0.15) is 0 Å². The molecule has 1 N–H and O–H groups in total. The van der Waals surface area contributed by atoms with Gasteiger partial charge in [0.15, 0.2) is 0 Å². The SMILES string of the molecule is C[C@H]1CC(F)(F)CCN1.Cl. The molecule has 4 heteroatoms. The van der Waals surface area contributed by atoms with Crippen LogP contribution in [0.3, 0.4) is 0 Å². The van der Waals surface area contributed by atoms with Crippen LogP contribution in [0.4, 0.5) is 8.78 Å². The predicted octanol–water partition coefficient (Wildman–Crippen LogP) is 1.82. The second-order valence-electron chi connectivity index (χ2n) is 2.67. The minimum absolute atomic E-state index is 0. The monoisotopic (exact) mass is 171 g/mol. The minimum atomic E-state index is -2.41. The van der Waals surface area contributed by atoms with Crippen LogP contribution in [-0.4, -0.2) is 18.5 Å². The van der Waals surface area contributed by atoms with E-state index in [4.69, 9.17) is 0 Å². The highest BCUT2D eigenvalue weighted by Gasteiger charge is 2.33. The van der Waals surface area contributed by atoms with Crippen molar-refractivity contribution in [3.05, 3.63) is 0 Å². The Hall–Kier alpha value is 0.110. The Balaban J connectivity index is 0.000000810. The largest absolute Gasteiger partial charge is 0.314 e. The molecule has 1 aliphatic heterocycles. The summed E-state index contributed by atoms with van der Waals surface area (Å²) in [4.78, 5) is 0. The fraction of sp³-hybridized carbons (Fsp3) is 1.00. The fourth-order valence-corrected chi connectivity index (χ4v) is 1.12. The molecule has 0 spiro atoms. The average molecular weight is 172 g/mol. The highest BCUT2D eigenvalue weighted by atomic mass is 35.5. The van der Waals surface area contributed by atoms with Gasteiger partial charge in [-0.15, -0.1) is 12.4 Å². The van der Waals surface area contributed by atoms with Gasteiger partial charge >= 0.3 is 0 Å². The molecule has 0 saturated carbocycles. The number of nitrogens with one attached hydrogen (secondary N) is 1. The molecule has 1 aliphatic rings. The lowest BCUT2D eigenvalue weighted by Gasteiger charge is -2.27. The standard InChI is InChI=1S/C6H11F2N.ClH/c1-5-4-6(7,8)2-3-9-5;/h5,9H,2-4H2,1H3;1H/t5-;/m0./s1. The van der Waals surface area contributed by atoms with Crippen molar-refractivity contribution in [1.29, 1.82) is 0 Å². The second-order valence-corrected chi connectivity index (χ2v) is 2.67. The van der Waals surface area contributed by atoms with E-state index in [9.17, 15) is 8.78 Å². The molecule has 1 atom stereocenters. The van der Waals surface area contributed by atoms with Crippen LogP contribution in [0, 0.1) is 0 Å². The van der Waals surface area contributed by atoms with E-state index in [0.29, 0.717) is 6.54 Å². The zero-order chi connectivity index (χ0) is 6.91. The van der Waals surface area contributed by atoms with E-state index in [1.165, 1.54) is 0 Å². The third-order valence-corrected chi connectivity index (χ3v) is 1.59. The topological polar surface area (TPSA) is 12.0 Å². The van der Waals surface area contributed by atoms with E-state index < -0.39 is 5.92 Å². The molecule has 62 valence electrons. The quantitative estimate of drug-likeness (QED) is 0.586. The molecule has 0 aliphatic carbocycles. The molecule has 1 fully saturated rings. The normalized spacial score (nSPS) is 30.9. The Morgan fingerprint density at radius 2 is 2.10 bits per heavy atom. The van der Waals surface area contributed by atoms with Gasteiger partial charge in [-0.3, -0.25) is 0 Å². The minimum Gasteiger partial charge on any atom is -0.314 e. The summed E-state index contributed by atoms with van der Waals surface area (Å²) >= 11 is 0. The molecular weight excluding hydrogens is 160 g/mol. The summed E-state index contributed by atoms with van der Waals surface area (Å²) in [6.07, 6.45) is -0.00958. The lowest BCUT2D eigenvalue weighted by molar-refractivity contribution is -0.0387. The summed E-state index contributed by atoms with van der Waals surface area (Å²) in [6, 6.07) is -0.0197. The number of alkyl halides is 2. The molecule has 0 aromatic carbocycles. The van der Waals surface area contributed by atoms with Crippen molar-refractivity contribution in [2.75, 3.05) is 6.54 Å². The third kappa shape index (κ3) is 2.80. The van der Waals surface area contributed by atoms with Gasteiger partial charge in [-0.25, -0.2) is 8.78 Å². The first-order valence-electron chi connectivity index (χ1n) is 3.21. The number of halogens is 3. The van der Waals surface area contributed by atoms with Gasteiger partial charge in [-0.1, -0.05) is 0 Å². The van der Waals surface area contributed by atoms with Crippen molar-refractivity contribution >= 4 is 12.4 Å². The van der Waals surface area contributed by atoms with Crippen LogP contribution in [0.5, 0.6) is 0 Å². The van der Waals surface area contributed by atoms with Crippen LogP contribution < -0.4 is 5.32 Å². The maximum absolute atomic E-state index is 12.4. The van der Waals surface area contributed by atoms with Gasteiger partial charge in [-0.05, 0) is 6.92 Å². The van der Waals surface area contributed by atoms with Crippen LogP contribution in [0.15, 0.2) is 0 Å². The first-order valence-corrected chi connectivity index (χ1v) is 3.21. The van der Waals surface area contributed by atoms with Gasteiger partial charge in [0.25, 0.3) is 5.92 Å². The maximum Gasteiger partial charge on any atom is 0.250 e. The number of hydrogen-bond donors (Lipinski definition) is 1. The van der Waals surface area contributed by atoms with E-state index >= 15 is 0 Å². The highest BCUT2D eigenvalue weighted by molar-refractivity contribution is 5.85. The summed E-state index contributed by atoms with van der Waals surface area (Å²) < 4.78 is 24.8. The Morgan fingerprint density at radius 3 is 2.40 bits per heavy atom. The first-order chi connectivity index (χ1) is 4.10. The molecule has 0 radical (unpaired) electrons. The summed E-state index contributed by atoms with van der Waals surface area (Å²) in [5, 5.41) is 2.96. The van der Waals surface area contributed by atoms with Crippen molar-refractivity contribution < 1.29 is 8.78 Å². The Morgan fingerprint density at radius 1 is 1.50 bits per heavy atom. The van der Waals surface area contributed by atoms with Crippen LogP contribution in [0.2, 0.25) is 0 Å². The summed E-state index contributed by atoms with van der Waals surface area (Å²) in [5.41, 5.74) is 0. The van der Waals surface area contributed by atoms with E-state index in [1.807, 2.05) is 0 Å². The van der Waals surface area contributed by atoms with E-state index in [0.717, 1.165) is 0 Å². The lowest BCUT2D eigenvalue weighted by Crippen LogP contribution is -2.41. The molecule has 1 saturated heterocycles. The van der Waals surface area contributed by atoms with Crippen molar-refractivity contribution in [2.45, 2.75) is 31.7 Å². The molecule has 0 bridgehead atoms. The van der Waals surface area contributed by atoms with Gasteiger partial charge in [-0.2, -0.15) is 0 Å². The first kappa shape index (κ1) is 10.1. The van der Waals surface area contributed by atoms with E-state index in [1.54, 1.807) is 6.92 Å². The number of piperidine rings is 1.